The molecule has 0 saturated carbocycles. The molecule has 0 aromatic carbocycles. The lowest BCUT2D eigenvalue weighted by Gasteiger charge is -2.51. The van der Waals surface area contributed by atoms with Crippen molar-refractivity contribution in [2.75, 3.05) is 18.0 Å². The molecule has 2 bridgehead atoms. The SMILES string of the molecule is Cc1snnc1C(=O)N1CC2CCC1CN2c1ccc2c(n1)n(C)c(=O)n2CC(C)(C)C. The van der Waals surface area contributed by atoms with E-state index in [9.17, 15) is 9.59 Å². The van der Waals surface area contributed by atoms with Crippen molar-refractivity contribution in [1.29, 1.82) is 0 Å². The summed E-state index contributed by atoms with van der Waals surface area (Å²) in [6, 6.07) is 4.36. The maximum absolute atomic E-state index is 13.0. The smallest absolute Gasteiger partial charge is 0.330 e. The van der Waals surface area contributed by atoms with Crippen molar-refractivity contribution < 1.29 is 4.79 Å². The number of piperidine rings is 2. The van der Waals surface area contributed by atoms with Crippen molar-refractivity contribution in [2.24, 2.45) is 12.5 Å². The first-order valence-corrected chi connectivity index (χ1v) is 11.8. The summed E-state index contributed by atoms with van der Waals surface area (Å²) >= 11 is 1.26. The highest BCUT2D eigenvalue weighted by atomic mass is 32.1. The van der Waals surface area contributed by atoms with E-state index in [0.717, 1.165) is 35.6 Å². The number of aryl methyl sites for hydroxylation is 2. The first kappa shape index (κ1) is 21.1. The highest BCUT2D eigenvalue weighted by Gasteiger charge is 2.42. The lowest BCUT2D eigenvalue weighted by Crippen LogP contribution is -2.64. The van der Waals surface area contributed by atoms with Gasteiger partial charge in [-0.05, 0) is 48.8 Å². The summed E-state index contributed by atoms with van der Waals surface area (Å²) in [5.41, 5.74) is 1.99. The highest BCUT2D eigenvalue weighted by molar-refractivity contribution is 7.05. The van der Waals surface area contributed by atoms with E-state index in [0.29, 0.717) is 24.4 Å². The van der Waals surface area contributed by atoms with Crippen LogP contribution in [0.4, 0.5) is 5.82 Å². The number of hydrogen-bond acceptors (Lipinski definition) is 7. The Morgan fingerprint density at radius 3 is 2.56 bits per heavy atom. The fourth-order valence-electron chi connectivity index (χ4n) is 4.97. The number of hydrogen-bond donors (Lipinski definition) is 0. The van der Waals surface area contributed by atoms with Crippen molar-refractivity contribution in [3.05, 3.63) is 33.2 Å². The molecule has 3 aromatic rings. The van der Waals surface area contributed by atoms with Crippen LogP contribution in [0, 0.1) is 12.3 Å². The van der Waals surface area contributed by atoms with Crippen molar-refractivity contribution in [3.63, 3.8) is 0 Å². The Balaban J connectivity index is 1.43. The second-order valence-electron chi connectivity index (χ2n) is 10.2. The van der Waals surface area contributed by atoms with Crippen LogP contribution in [0.2, 0.25) is 0 Å². The Morgan fingerprint density at radius 1 is 1.19 bits per heavy atom. The molecule has 0 N–H and O–H groups in total. The predicted octanol–water partition coefficient (Wildman–Crippen LogP) is 2.43. The zero-order valence-corrected chi connectivity index (χ0v) is 20.0. The quantitative estimate of drug-likeness (QED) is 0.603. The summed E-state index contributed by atoms with van der Waals surface area (Å²) in [4.78, 5) is 35.9. The van der Waals surface area contributed by atoms with E-state index in [1.165, 1.54) is 11.5 Å². The normalized spacial score (nSPS) is 21.0. The second kappa shape index (κ2) is 7.40. The largest absolute Gasteiger partial charge is 0.350 e. The number of nitrogens with zero attached hydrogens (tertiary/aromatic N) is 7. The van der Waals surface area contributed by atoms with Crippen LogP contribution in [0.1, 0.15) is 49.0 Å². The van der Waals surface area contributed by atoms with Crippen LogP contribution in [0.15, 0.2) is 16.9 Å². The number of pyridine rings is 1. The molecular formula is C22H29N7O2S. The van der Waals surface area contributed by atoms with Gasteiger partial charge in [0.15, 0.2) is 11.3 Å². The van der Waals surface area contributed by atoms with Gasteiger partial charge >= 0.3 is 5.69 Å². The number of aromatic nitrogens is 5. The molecule has 0 spiro atoms. The number of anilines is 1. The topological polar surface area (TPSA) is 89.2 Å². The van der Waals surface area contributed by atoms with Gasteiger partial charge < -0.3 is 9.80 Å². The average molecular weight is 456 g/mol. The van der Waals surface area contributed by atoms with Gasteiger partial charge in [-0.2, -0.15) is 0 Å². The molecule has 170 valence electrons. The summed E-state index contributed by atoms with van der Waals surface area (Å²) < 4.78 is 7.38. The first-order valence-electron chi connectivity index (χ1n) is 11.1. The molecule has 6 heterocycles. The van der Waals surface area contributed by atoms with E-state index in [-0.39, 0.29) is 29.1 Å². The molecule has 10 heteroatoms. The Morgan fingerprint density at radius 2 is 1.94 bits per heavy atom. The molecule has 0 aliphatic carbocycles. The first-order chi connectivity index (χ1) is 15.1. The minimum absolute atomic E-state index is 0.00994. The minimum Gasteiger partial charge on any atom is -0.350 e. The van der Waals surface area contributed by atoms with Gasteiger partial charge in [0.2, 0.25) is 0 Å². The van der Waals surface area contributed by atoms with Crippen molar-refractivity contribution in [1.82, 2.24) is 28.6 Å². The molecule has 3 aliphatic rings. The molecule has 3 aliphatic heterocycles. The number of carbonyl (C=O) groups is 1. The van der Waals surface area contributed by atoms with Crippen LogP contribution in [-0.2, 0) is 13.6 Å². The zero-order valence-electron chi connectivity index (χ0n) is 19.2. The van der Waals surface area contributed by atoms with Gasteiger partial charge in [-0.15, -0.1) is 5.10 Å². The number of rotatable bonds is 3. The van der Waals surface area contributed by atoms with Crippen LogP contribution in [0.3, 0.4) is 0 Å². The number of carbonyl (C=O) groups excluding carboxylic acids is 1. The Hall–Kier alpha value is -2.75. The van der Waals surface area contributed by atoms with E-state index < -0.39 is 0 Å². The second-order valence-corrected chi connectivity index (χ2v) is 11.1. The van der Waals surface area contributed by atoms with E-state index in [1.807, 2.05) is 28.5 Å². The molecule has 32 heavy (non-hydrogen) atoms. The third-order valence-corrected chi connectivity index (χ3v) is 7.17. The highest BCUT2D eigenvalue weighted by Crippen LogP contribution is 2.34. The predicted molar refractivity (Wildman–Crippen MR) is 124 cm³/mol. The van der Waals surface area contributed by atoms with Gasteiger partial charge in [-0.3, -0.25) is 13.9 Å². The number of amides is 1. The van der Waals surface area contributed by atoms with E-state index in [2.05, 4.69) is 35.3 Å². The van der Waals surface area contributed by atoms with Crippen molar-refractivity contribution >= 4 is 34.4 Å². The summed E-state index contributed by atoms with van der Waals surface area (Å²) in [5, 5.41) is 4.05. The third-order valence-electron chi connectivity index (χ3n) is 6.54. The Bertz CT molecular complexity index is 1250. The summed E-state index contributed by atoms with van der Waals surface area (Å²) in [6.07, 6.45) is 2.00. The maximum atomic E-state index is 13.0. The van der Waals surface area contributed by atoms with Crippen LogP contribution < -0.4 is 10.6 Å². The van der Waals surface area contributed by atoms with Gasteiger partial charge in [0.25, 0.3) is 5.91 Å². The molecule has 3 aromatic heterocycles. The molecule has 2 unspecified atom stereocenters. The van der Waals surface area contributed by atoms with Gasteiger partial charge in [0.05, 0.1) is 10.4 Å². The number of piperazine rings is 1. The molecule has 6 rings (SSSR count). The molecule has 1 amide bonds. The van der Waals surface area contributed by atoms with Crippen LogP contribution >= 0.6 is 11.5 Å². The van der Waals surface area contributed by atoms with Gasteiger partial charge in [-0.25, -0.2) is 9.78 Å². The molecule has 3 fully saturated rings. The average Bonchev–Trinajstić information content (AvgIpc) is 3.29. The molecule has 0 radical (unpaired) electrons. The lowest BCUT2D eigenvalue weighted by molar-refractivity contribution is 0.0497. The van der Waals surface area contributed by atoms with Crippen LogP contribution in [-0.4, -0.2) is 59.7 Å². The summed E-state index contributed by atoms with van der Waals surface area (Å²) in [5.74, 6) is 0.852. The Labute approximate surface area is 190 Å². The van der Waals surface area contributed by atoms with Crippen LogP contribution in [0.5, 0.6) is 0 Å². The number of fused-ring (bicyclic) bond motifs is 4. The van der Waals surface area contributed by atoms with Gasteiger partial charge in [-0.1, -0.05) is 25.3 Å². The van der Waals surface area contributed by atoms with E-state index in [1.54, 1.807) is 11.6 Å². The fraction of sp³-hybridized carbons (Fsp3) is 0.591. The van der Waals surface area contributed by atoms with Crippen LogP contribution in [0.25, 0.3) is 11.2 Å². The number of imidazole rings is 1. The van der Waals surface area contributed by atoms with E-state index in [4.69, 9.17) is 4.98 Å². The Kier molecular flexibility index (Phi) is 4.88. The third kappa shape index (κ3) is 3.41. The zero-order chi connectivity index (χ0) is 22.8. The molecular weight excluding hydrogens is 426 g/mol. The van der Waals surface area contributed by atoms with Crippen molar-refractivity contribution in [2.45, 2.75) is 59.2 Å². The summed E-state index contributed by atoms with van der Waals surface area (Å²) in [7, 11) is 1.79. The monoisotopic (exact) mass is 455 g/mol. The van der Waals surface area contributed by atoms with E-state index >= 15 is 0 Å². The fourth-order valence-corrected chi connectivity index (χ4v) is 5.43. The molecule has 9 nitrogen and oxygen atoms in total. The van der Waals surface area contributed by atoms with Gasteiger partial charge in [0.1, 0.15) is 5.82 Å². The minimum atomic E-state index is -0.0382. The molecule has 3 saturated heterocycles. The van der Waals surface area contributed by atoms with Crippen molar-refractivity contribution in [3.8, 4) is 0 Å². The molecule has 2 atom stereocenters. The standard InChI is InChI=1S/C22H29N7O2S/c1-13-18(24-25-32-13)20(30)28-11-14-6-7-15(28)10-27(14)17-9-8-16-19(23-17)26(5)21(31)29(16)12-22(2,3)4/h8-9,14-15H,6-7,10-12H2,1-5H3. The lowest BCUT2D eigenvalue weighted by atomic mass is 9.90. The van der Waals surface area contributed by atoms with Gasteiger partial charge in [0, 0.05) is 38.8 Å². The summed E-state index contributed by atoms with van der Waals surface area (Å²) in [6.45, 7) is 10.3. The maximum Gasteiger partial charge on any atom is 0.330 e.